The lowest BCUT2D eigenvalue weighted by Crippen LogP contribution is -2.25. The van der Waals surface area contributed by atoms with E-state index in [2.05, 4.69) is 5.32 Å². The van der Waals surface area contributed by atoms with Crippen molar-refractivity contribution in [3.63, 3.8) is 0 Å². The van der Waals surface area contributed by atoms with Crippen LogP contribution in [-0.4, -0.2) is 35.0 Å². The van der Waals surface area contributed by atoms with Gasteiger partial charge in [0.15, 0.2) is 11.6 Å². The van der Waals surface area contributed by atoms with Gasteiger partial charge in [0.25, 0.3) is 5.91 Å². The summed E-state index contributed by atoms with van der Waals surface area (Å²) in [6.07, 6.45) is 0.105. The number of carbonyl (C=O) groups is 2. The highest BCUT2D eigenvalue weighted by Crippen LogP contribution is 2.26. The number of amides is 1. The summed E-state index contributed by atoms with van der Waals surface area (Å²) in [6, 6.07) is 10.5. The van der Waals surface area contributed by atoms with Gasteiger partial charge in [0, 0.05) is 28.6 Å². The first-order valence-electron chi connectivity index (χ1n) is 7.93. The number of aliphatic carboxylic acids is 1. The van der Waals surface area contributed by atoms with Gasteiger partial charge >= 0.3 is 5.97 Å². The maximum absolute atomic E-state index is 14.2. The summed E-state index contributed by atoms with van der Waals surface area (Å²) in [7, 11) is 2.91. The van der Waals surface area contributed by atoms with Gasteiger partial charge in [0.2, 0.25) is 0 Å². The maximum Gasteiger partial charge on any atom is 0.304 e. The van der Waals surface area contributed by atoms with Crippen LogP contribution in [0.25, 0.3) is 0 Å². The number of hydrogen-bond donors (Lipinski definition) is 2. The molecule has 0 saturated carbocycles. The number of nitrogens with one attached hydrogen (secondary N) is 1. The second-order valence-electron chi connectivity index (χ2n) is 5.24. The van der Waals surface area contributed by atoms with Crippen LogP contribution in [0.2, 0.25) is 5.02 Å². The van der Waals surface area contributed by atoms with Crippen molar-refractivity contribution in [1.82, 2.24) is 5.32 Å². The third kappa shape index (κ3) is 7.70. The van der Waals surface area contributed by atoms with Crippen molar-refractivity contribution in [2.24, 2.45) is 0 Å². The molecular formula is C18H17ClFNO4S2. The predicted octanol–water partition coefficient (Wildman–Crippen LogP) is 4.86. The molecule has 0 atom stereocenters. The molecule has 144 valence electrons. The molecule has 0 aromatic heterocycles. The summed E-state index contributed by atoms with van der Waals surface area (Å²) in [5.41, 5.74) is 0.194. The fraction of sp³-hybridized carbons (Fsp3) is 0.222. The quantitative estimate of drug-likeness (QED) is 0.415. The van der Waals surface area contributed by atoms with Crippen molar-refractivity contribution >= 4 is 45.1 Å². The number of benzene rings is 2. The van der Waals surface area contributed by atoms with Gasteiger partial charge in [-0.15, -0.1) is 0 Å². The first-order chi connectivity index (χ1) is 13.0. The molecule has 2 aromatic carbocycles. The number of halogens is 2. The molecule has 2 rings (SSSR count). The molecule has 0 aliphatic heterocycles. The van der Waals surface area contributed by atoms with Gasteiger partial charge in [-0.3, -0.25) is 9.59 Å². The Morgan fingerprint density at radius 3 is 2.48 bits per heavy atom. The highest BCUT2D eigenvalue weighted by atomic mass is 35.5. The zero-order valence-electron chi connectivity index (χ0n) is 14.1. The van der Waals surface area contributed by atoms with Crippen LogP contribution in [0.3, 0.4) is 0 Å². The minimum absolute atomic E-state index is 0.0132. The molecule has 5 nitrogen and oxygen atoms in total. The van der Waals surface area contributed by atoms with Crippen molar-refractivity contribution in [3.8, 4) is 11.5 Å². The van der Waals surface area contributed by atoms with Gasteiger partial charge in [-0.05, 0) is 42.5 Å². The molecule has 2 N–H and O–H groups in total. The zero-order valence-corrected chi connectivity index (χ0v) is 16.5. The summed E-state index contributed by atoms with van der Waals surface area (Å²) in [5, 5.41) is 11.8. The number of hydrogen-bond acceptors (Lipinski definition) is 5. The third-order valence-electron chi connectivity index (χ3n) is 3.19. The number of carboxylic acid groups (broad SMARTS) is 1. The third-order valence-corrected chi connectivity index (χ3v) is 5.85. The van der Waals surface area contributed by atoms with Crippen LogP contribution in [0.4, 0.5) is 4.39 Å². The summed E-state index contributed by atoms with van der Waals surface area (Å²) >= 11 is 5.79. The average Bonchev–Trinajstić information content (AvgIpc) is 2.64. The number of carbonyl (C=O) groups excluding carboxylic acids is 1. The summed E-state index contributed by atoms with van der Waals surface area (Å²) < 4.78 is 19.6. The second-order valence-corrected chi connectivity index (χ2v) is 8.38. The Kier molecular flexibility index (Phi) is 8.77. The van der Waals surface area contributed by atoms with Crippen LogP contribution >= 0.6 is 33.2 Å². The lowest BCUT2D eigenvalue weighted by Gasteiger charge is -2.09. The molecule has 9 heteroatoms. The fourth-order valence-corrected chi connectivity index (χ4v) is 3.92. The Hall–Kier alpha value is -1.90. The molecule has 1 amide bonds. The highest BCUT2D eigenvalue weighted by Gasteiger charge is 2.11. The van der Waals surface area contributed by atoms with E-state index in [0.29, 0.717) is 28.8 Å². The molecule has 0 bridgehead atoms. The van der Waals surface area contributed by atoms with E-state index in [1.807, 2.05) is 0 Å². The Bertz CT molecular complexity index is 789. The number of ether oxygens (including phenoxy) is 1. The normalized spacial score (nSPS) is 10.4. The van der Waals surface area contributed by atoms with E-state index >= 15 is 0 Å². The van der Waals surface area contributed by atoms with Gasteiger partial charge in [-0.1, -0.05) is 33.2 Å². The van der Waals surface area contributed by atoms with E-state index in [-0.39, 0.29) is 23.6 Å². The maximum atomic E-state index is 14.2. The van der Waals surface area contributed by atoms with E-state index in [9.17, 15) is 14.0 Å². The summed E-state index contributed by atoms with van der Waals surface area (Å²) in [4.78, 5) is 22.4. The van der Waals surface area contributed by atoms with Crippen molar-refractivity contribution < 1.29 is 23.8 Å². The molecule has 0 spiro atoms. The Morgan fingerprint density at radius 2 is 1.81 bits per heavy atom. The lowest BCUT2D eigenvalue weighted by molar-refractivity contribution is -0.136. The van der Waals surface area contributed by atoms with E-state index < -0.39 is 11.8 Å². The van der Waals surface area contributed by atoms with E-state index in [4.69, 9.17) is 21.4 Å². The first-order valence-corrected chi connectivity index (χ1v) is 10.8. The smallest absolute Gasteiger partial charge is 0.304 e. The van der Waals surface area contributed by atoms with Gasteiger partial charge in [0.1, 0.15) is 5.75 Å². The minimum atomic E-state index is -0.832. The summed E-state index contributed by atoms with van der Waals surface area (Å²) in [5.74, 6) is -0.279. The first kappa shape index (κ1) is 21.4. The van der Waals surface area contributed by atoms with Crippen LogP contribution in [0.1, 0.15) is 16.8 Å². The predicted molar refractivity (Wildman–Crippen MR) is 107 cm³/mol. The Labute approximate surface area is 169 Å². The SMILES string of the molecule is O=C(O)CCSSCCNC(=O)c1ccc(Oc2ccc(Cl)cc2)c(F)c1. The molecule has 2 aromatic rings. The molecule has 0 radical (unpaired) electrons. The molecule has 0 unspecified atom stereocenters. The van der Waals surface area contributed by atoms with Gasteiger partial charge < -0.3 is 15.2 Å². The average molecular weight is 430 g/mol. The van der Waals surface area contributed by atoms with Crippen molar-refractivity contribution in [1.29, 1.82) is 0 Å². The van der Waals surface area contributed by atoms with Gasteiger partial charge in [-0.25, -0.2) is 4.39 Å². The molecule has 0 heterocycles. The lowest BCUT2D eigenvalue weighted by atomic mass is 10.2. The van der Waals surface area contributed by atoms with Crippen LogP contribution in [0.5, 0.6) is 11.5 Å². The monoisotopic (exact) mass is 429 g/mol. The van der Waals surface area contributed by atoms with Crippen LogP contribution < -0.4 is 10.1 Å². The molecule has 0 saturated heterocycles. The van der Waals surface area contributed by atoms with Crippen LogP contribution in [0.15, 0.2) is 42.5 Å². The van der Waals surface area contributed by atoms with Crippen molar-refractivity contribution in [2.45, 2.75) is 6.42 Å². The fourth-order valence-electron chi connectivity index (χ4n) is 1.91. The molecule has 0 fully saturated rings. The van der Waals surface area contributed by atoms with Crippen LogP contribution in [0, 0.1) is 5.82 Å². The van der Waals surface area contributed by atoms with Crippen molar-refractivity contribution in [2.75, 3.05) is 18.1 Å². The van der Waals surface area contributed by atoms with Gasteiger partial charge in [0.05, 0.1) is 6.42 Å². The van der Waals surface area contributed by atoms with Gasteiger partial charge in [-0.2, -0.15) is 0 Å². The highest BCUT2D eigenvalue weighted by molar-refractivity contribution is 8.76. The van der Waals surface area contributed by atoms with E-state index in [1.165, 1.54) is 33.7 Å². The number of rotatable bonds is 10. The molecule has 0 aliphatic carbocycles. The second kappa shape index (κ2) is 11.1. The van der Waals surface area contributed by atoms with Crippen molar-refractivity contribution in [3.05, 3.63) is 58.9 Å². The Balaban J connectivity index is 1.79. The standard InChI is InChI=1S/C18H17ClFNO4S2/c19-13-2-4-14(5-3-13)25-16-6-1-12(11-15(16)20)18(24)21-8-10-27-26-9-7-17(22)23/h1-6,11H,7-10H2,(H,21,24)(H,22,23). The molecular weight excluding hydrogens is 413 g/mol. The number of carboxylic acids is 1. The van der Waals surface area contributed by atoms with E-state index in [1.54, 1.807) is 24.3 Å². The minimum Gasteiger partial charge on any atom is -0.481 e. The molecule has 27 heavy (non-hydrogen) atoms. The largest absolute Gasteiger partial charge is 0.481 e. The molecule has 0 aliphatic rings. The zero-order chi connectivity index (χ0) is 19.6. The topological polar surface area (TPSA) is 75.6 Å². The Morgan fingerprint density at radius 1 is 1.11 bits per heavy atom. The summed E-state index contributed by atoms with van der Waals surface area (Å²) in [6.45, 7) is 0.397. The van der Waals surface area contributed by atoms with Crippen LogP contribution in [-0.2, 0) is 4.79 Å². The van der Waals surface area contributed by atoms with E-state index in [0.717, 1.165) is 6.07 Å².